The van der Waals surface area contributed by atoms with Gasteiger partial charge in [0.15, 0.2) is 0 Å². The molecule has 1 unspecified atom stereocenters. The molecule has 14 heavy (non-hydrogen) atoms. The summed E-state index contributed by atoms with van der Waals surface area (Å²) < 4.78 is 0. The molecule has 1 nitrogen and oxygen atoms in total. The predicted octanol–water partition coefficient (Wildman–Crippen LogP) is 3.34. The minimum absolute atomic E-state index is 0.384. The van der Waals surface area contributed by atoms with Gasteiger partial charge in [-0.3, -0.25) is 4.98 Å². The van der Waals surface area contributed by atoms with E-state index in [2.05, 4.69) is 18.0 Å². The van der Waals surface area contributed by atoms with Gasteiger partial charge < -0.3 is 0 Å². The molecule has 0 saturated heterocycles. The Kier molecular flexibility index (Phi) is 3.07. The van der Waals surface area contributed by atoms with Crippen molar-refractivity contribution in [2.75, 3.05) is 0 Å². The fraction of sp³-hybridized carbons (Fsp3) is 0.583. The van der Waals surface area contributed by atoms with Gasteiger partial charge in [0.2, 0.25) is 0 Å². The maximum Gasteiger partial charge on any atom is 0.0367 e. The van der Waals surface area contributed by atoms with E-state index < -0.39 is 0 Å². The van der Waals surface area contributed by atoms with Gasteiger partial charge in [-0.2, -0.15) is 0 Å². The van der Waals surface area contributed by atoms with Crippen LogP contribution in [0.5, 0.6) is 0 Å². The molecule has 0 N–H and O–H groups in total. The molecular formula is C12H16ClN. The Morgan fingerprint density at radius 2 is 2.36 bits per heavy atom. The van der Waals surface area contributed by atoms with Crippen LogP contribution in [0.2, 0.25) is 0 Å². The normalized spacial score (nSPS) is 18.1. The Balaban J connectivity index is 1.87. The molecule has 1 atom stereocenters. The Morgan fingerprint density at radius 1 is 1.57 bits per heavy atom. The number of alkyl halides is 1. The molecule has 0 radical (unpaired) electrons. The third-order valence-electron chi connectivity index (χ3n) is 2.97. The predicted molar refractivity (Wildman–Crippen MR) is 59.7 cm³/mol. The summed E-state index contributed by atoms with van der Waals surface area (Å²) in [6.45, 7) is 2.14. The summed E-state index contributed by atoms with van der Waals surface area (Å²) in [4.78, 5) is 4.14. The largest absolute Gasteiger partial charge is 0.264 e. The van der Waals surface area contributed by atoms with Crippen LogP contribution in [0.25, 0.3) is 0 Å². The summed E-state index contributed by atoms with van der Waals surface area (Å²) in [5.41, 5.74) is 2.68. The molecule has 1 heterocycles. The summed E-state index contributed by atoms with van der Waals surface area (Å²) in [5, 5.41) is 0.384. The maximum atomic E-state index is 6.26. The van der Waals surface area contributed by atoms with Crippen LogP contribution in [-0.2, 0) is 6.42 Å². The van der Waals surface area contributed by atoms with Crippen molar-refractivity contribution in [2.45, 2.75) is 38.0 Å². The molecule has 2 rings (SSSR count). The van der Waals surface area contributed by atoms with Gasteiger partial charge in [0.25, 0.3) is 0 Å². The van der Waals surface area contributed by atoms with Gasteiger partial charge in [-0.15, -0.1) is 11.6 Å². The third kappa shape index (κ3) is 2.48. The van der Waals surface area contributed by atoms with E-state index in [-0.39, 0.29) is 0 Å². The zero-order chi connectivity index (χ0) is 9.97. The van der Waals surface area contributed by atoms with Crippen molar-refractivity contribution in [3.05, 3.63) is 29.6 Å². The monoisotopic (exact) mass is 209 g/mol. The molecule has 0 amide bonds. The van der Waals surface area contributed by atoms with Gasteiger partial charge >= 0.3 is 0 Å². The Morgan fingerprint density at radius 3 is 3.00 bits per heavy atom. The highest BCUT2D eigenvalue weighted by molar-refractivity contribution is 6.20. The maximum absolute atomic E-state index is 6.26. The molecule has 0 spiro atoms. The van der Waals surface area contributed by atoms with Crippen molar-refractivity contribution in [2.24, 2.45) is 5.92 Å². The van der Waals surface area contributed by atoms with Gasteiger partial charge in [0.1, 0.15) is 0 Å². The van der Waals surface area contributed by atoms with Crippen molar-refractivity contribution in [3.8, 4) is 0 Å². The van der Waals surface area contributed by atoms with Crippen LogP contribution in [0, 0.1) is 12.8 Å². The van der Waals surface area contributed by atoms with Gasteiger partial charge in [-0.25, -0.2) is 0 Å². The second-order valence-corrected chi connectivity index (χ2v) is 4.75. The molecule has 2 heteroatoms. The zero-order valence-corrected chi connectivity index (χ0v) is 9.30. The second kappa shape index (κ2) is 4.31. The molecule has 1 fully saturated rings. The summed E-state index contributed by atoms with van der Waals surface area (Å²) in [6, 6.07) is 2.07. The zero-order valence-electron chi connectivity index (χ0n) is 8.54. The number of hydrogen-bond acceptors (Lipinski definition) is 1. The fourth-order valence-electron chi connectivity index (χ4n) is 1.75. The highest BCUT2D eigenvalue weighted by atomic mass is 35.5. The first-order valence-corrected chi connectivity index (χ1v) is 5.74. The Hall–Kier alpha value is -0.560. The van der Waals surface area contributed by atoms with Crippen LogP contribution in [-0.4, -0.2) is 10.4 Å². The molecule has 1 aromatic rings. The first-order valence-electron chi connectivity index (χ1n) is 5.31. The summed E-state index contributed by atoms with van der Waals surface area (Å²) in [5.74, 6) is 0.800. The van der Waals surface area contributed by atoms with E-state index in [1.807, 2.05) is 12.4 Å². The van der Waals surface area contributed by atoms with Gasteiger partial charge in [-0.1, -0.05) is 0 Å². The van der Waals surface area contributed by atoms with E-state index in [4.69, 9.17) is 11.6 Å². The lowest BCUT2D eigenvalue weighted by Gasteiger charge is -2.08. The molecule has 1 aromatic heterocycles. The van der Waals surface area contributed by atoms with Gasteiger partial charge in [0, 0.05) is 17.8 Å². The van der Waals surface area contributed by atoms with Crippen LogP contribution < -0.4 is 0 Å². The average molecular weight is 210 g/mol. The molecule has 0 aromatic carbocycles. The Labute approximate surface area is 90.5 Å². The van der Waals surface area contributed by atoms with Crippen molar-refractivity contribution >= 4 is 11.6 Å². The van der Waals surface area contributed by atoms with Crippen LogP contribution >= 0.6 is 11.6 Å². The minimum atomic E-state index is 0.384. The number of nitrogens with zero attached hydrogens (tertiary/aromatic N) is 1. The average Bonchev–Trinajstić information content (AvgIpc) is 2.99. The molecule has 0 bridgehead atoms. The lowest BCUT2D eigenvalue weighted by atomic mass is 10.0. The molecular weight excluding hydrogens is 194 g/mol. The van der Waals surface area contributed by atoms with Gasteiger partial charge in [0.05, 0.1) is 0 Å². The fourth-order valence-corrected chi connectivity index (χ4v) is 2.11. The summed E-state index contributed by atoms with van der Waals surface area (Å²) in [6.07, 6.45) is 8.65. The number of rotatable bonds is 4. The number of aromatic nitrogens is 1. The molecule has 76 valence electrons. The first kappa shape index (κ1) is 9.97. The second-order valence-electron chi connectivity index (χ2n) is 4.19. The highest BCUT2D eigenvalue weighted by Gasteiger charge is 2.29. The van der Waals surface area contributed by atoms with E-state index in [1.165, 1.54) is 24.0 Å². The van der Waals surface area contributed by atoms with Crippen molar-refractivity contribution in [1.82, 2.24) is 4.98 Å². The third-order valence-corrected chi connectivity index (χ3v) is 3.55. The van der Waals surface area contributed by atoms with Crippen LogP contribution in [0.15, 0.2) is 18.5 Å². The number of hydrogen-bond donors (Lipinski definition) is 0. The lowest BCUT2D eigenvalue weighted by molar-refractivity contribution is 0.674. The SMILES string of the molecule is Cc1ccncc1CCC(Cl)C1CC1. The van der Waals surface area contributed by atoms with E-state index >= 15 is 0 Å². The van der Waals surface area contributed by atoms with Gasteiger partial charge in [-0.05, 0) is 55.7 Å². The minimum Gasteiger partial charge on any atom is -0.264 e. The standard InChI is InChI=1S/C12H16ClN/c1-9-6-7-14-8-11(9)4-5-12(13)10-2-3-10/h6-8,10,12H,2-5H2,1H3. The number of aryl methyl sites for hydroxylation is 2. The molecule has 1 aliphatic rings. The van der Waals surface area contributed by atoms with Crippen LogP contribution in [0.1, 0.15) is 30.4 Å². The van der Waals surface area contributed by atoms with E-state index in [1.54, 1.807) is 0 Å². The Bertz CT molecular complexity index is 307. The number of halogens is 1. The molecule has 0 aliphatic heterocycles. The van der Waals surface area contributed by atoms with Crippen molar-refractivity contribution < 1.29 is 0 Å². The smallest absolute Gasteiger partial charge is 0.0367 e. The highest BCUT2D eigenvalue weighted by Crippen LogP contribution is 2.37. The van der Waals surface area contributed by atoms with Crippen molar-refractivity contribution in [3.63, 3.8) is 0 Å². The van der Waals surface area contributed by atoms with Crippen molar-refractivity contribution in [1.29, 1.82) is 0 Å². The summed E-state index contributed by atoms with van der Waals surface area (Å²) >= 11 is 6.26. The van der Waals surface area contributed by atoms with E-state index in [0.29, 0.717) is 5.38 Å². The quantitative estimate of drug-likeness (QED) is 0.694. The van der Waals surface area contributed by atoms with E-state index in [0.717, 1.165) is 18.8 Å². The topological polar surface area (TPSA) is 12.9 Å². The van der Waals surface area contributed by atoms with E-state index in [9.17, 15) is 0 Å². The van der Waals surface area contributed by atoms with Crippen LogP contribution in [0.4, 0.5) is 0 Å². The molecule has 1 saturated carbocycles. The van der Waals surface area contributed by atoms with Crippen LogP contribution in [0.3, 0.4) is 0 Å². The first-order chi connectivity index (χ1) is 6.77. The summed E-state index contributed by atoms with van der Waals surface area (Å²) in [7, 11) is 0. The molecule has 1 aliphatic carbocycles. The number of pyridine rings is 1. The lowest BCUT2D eigenvalue weighted by Crippen LogP contribution is -2.03.